The minimum absolute atomic E-state index is 0.244. The highest BCUT2D eigenvalue weighted by atomic mass is 15.2. The van der Waals surface area contributed by atoms with Crippen molar-refractivity contribution in [2.45, 2.75) is 45.2 Å². The van der Waals surface area contributed by atoms with Crippen LogP contribution in [0.5, 0.6) is 0 Å². The zero-order valence-electron chi connectivity index (χ0n) is 11.5. The van der Waals surface area contributed by atoms with Crippen molar-refractivity contribution < 1.29 is 0 Å². The molecule has 2 atom stereocenters. The summed E-state index contributed by atoms with van der Waals surface area (Å²) in [7, 11) is 0. The molecule has 3 heteroatoms. The zero-order valence-corrected chi connectivity index (χ0v) is 11.5. The molecular formula is C15H25N3. The van der Waals surface area contributed by atoms with Crippen molar-refractivity contribution in [2.24, 2.45) is 11.7 Å². The van der Waals surface area contributed by atoms with Crippen molar-refractivity contribution >= 4 is 0 Å². The van der Waals surface area contributed by atoms with Gasteiger partial charge in [-0.25, -0.2) is 0 Å². The quantitative estimate of drug-likeness (QED) is 0.892. The Bertz CT molecular complexity index is 350. The Labute approximate surface area is 110 Å². The summed E-state index contributed by atoms with van der Waals surface area (Å²) in [5, 5.41) is 0. The van der Waals surface area contributed by atoms with Gasteiger partial charge in [-0.1, -0.05) is 20.3 Å². The molecule has 1 saturated heterocycles. The predicted molar refractivity (Wildman–Crippen MR) is 75.2 cm³/mol. The summed E-state index contributed by atoms with van der Waals surface area (Å²) < 4.78 is 0. The molecule has 0 radical (unpaired) electrons. The van der Waals surface area contributed by atoms with Crippen LogP contribution in [-0.4, -0.2) is 29.0 Å². The summed E-state index contributed by atoms with van der Waals surface area (Å²) in [5.41, 5.74) is 7.73. The summed E-state index contributed by atoms with van der Waals surface area (Å²) >= 11 is 0. The molecule has 3 nitrogen and oxygen atoms in total. The molecule has 1 aromatic rings. The highest BCUT2D eigenvalue weighted by Gasteiger charge is 2.28. The average Bonchev–Trinajstić information content (AvgIpc) is 2.51. The molecule has 1 fully saturated rings. The highest BCUT2D eigenvalue weighted by Crippen LogP contribution is 2.29. The molecule has 18 heavy (non-hydrogen) atoms. The van der Waals surface area contributed by atoms with Crippen molar-refractivity contribution in [3.8, 4) is 0 Å². The molecule has 0 spiro atoms. The number of likely N-dealkylation sites (tertiary alicyclic amines) is 1. The van der Waals surface area contributed by atoms with Gasteiger partial charge in [-0.15, -0.1) is 0 Å². The topological polar surface area (TPSA) is 42.1 Å². The number of nitrogens with zero attached hydrogens (tertiary/aromatic N) is 2. The molecule has 1 aliphatic heterocycles. The minimum Gasteiger partial charge on any atom is -0.326 e. The van der Waals surface area contributed by atoms with Crippen molar-refractivity contribution in [2.75, 3.05) is 13.1 Å². The molecule has 0 saturated carbocycles. The van der Waals surface area contributed by atoms with E-state index in [0.717, 1.165) is 13.0 Å². The van der Waals surface area contributed by atoms with Gasteiger partial charge in [-0.2, -0.15) is 0 Å². The first-order chi connectivity index (χ1) is 8.68. The van der Waals surface area contributed by atoms with Gasteiger partial charge in [0.15, 0.2) is 0 Å². The third kappa shape index (κ3) is 3.30. The highest BCUT2D eigenvalue weighted by molar-refractivity contribution is 5.18. The molecule has 1 aromatic heterocycles. The fraction of sp³-hybridized carbons (Fsp3) is 0.667. The summed E-state index contributed by atoms with van der Waals surface area (Å²) in [6.45, 7) is 6.85. The SMILES string of the molecule is CC(C)CN1CCCCC(N)C1c1ccncc1. The fourth-order valence-electron chi connectivity index (χ4n) is 2.96. The van der Waals surface area contributed by atoms with Gasteiger partial charge in [0.25, 0.3) is 0 Å². The summed E-state index contributed by atoms with van der Waals surface area (Å²) in [5.74, 6) is 0.680. The molecule has 0 aromatic carbocycles. The number of hydrogen-bond acceptors (Lipinski definition) is 3. The second kappa shape index (κ2) is 6.30. The van der Waals surface area contributed by atoms with Crippen molar-refractivity contribution in [3.63, 3.8) is 0 Å². The van der Waals surface area contributed by atoms with E-state index in [4.69, 9.17) is 5.73 Å². The third-order valence-electron chi connectivity index (χ3n) is 3.68. The van der Waals surface area contributed by atoms with Gasteiger partial charge >= 0.3 is 0 Å². The molecule has 2 unspecified atom stereocenters. The molecule has 2 N–H and O–H groups in total. The van der Waals surface area contributed by atoms with E-state index in [1.807, 2.05) is 12.4 Å². The Kier molecular flexibility index (Phi) is 4.72. The van der Waals surface area contributed by atoms with Gasteiger partial charge in [0.05, 0.1) is 0 Å². The molecular weight excluding hydrogens is 222 g/mol. The number of nitrogens with two attached hydrogens (primary N) is 1. The molecule has 2 heterocycles. The maximum atomic E-state index is 6.42. The number of aromatic nitrogens is 1. The monoisotopic (exact) mass is 247 g/mol. The first-order valence-electron chi connectivity index (χ1n) is 7.08. The van der Waals surface area contributed by atoms with Crippen LogP contribution < -0.4 is 5.73 Å². The zero-order chi connectivity index (χ0) is 13.0. The smallest absolute Gasteiger partial charge is 0.0500 e. The molecule has 1 aliphatic rings. The van der Waals surface area contributed by atoms with Gasteiger partial charge < -0.3 is 5.73 Å². The summed E-state index contributed by atoms with van der Waals surface area (Å²) in [6, 6.07) is 4.83. The Hall–Kier alpha value is -0.930. The second-order valence-corrected chi connectivity index (χ2v) is 5.77. The lowest BCUT2D eigenvalue weighted by molar-refractivity contribution is 0.165. The molecule has 0 amide bonds. The van der Waals surface area contributed by atoms with E-state index in [-0.39, 0.29) is 6.04 Å². The lowest BCUT2D eigenvalue weighted by Gasteiger charge is -2.34. The van der Waals surface area contributed by atoms with Gasteiger partial charge in [0.2, 0.25) is 0 Å². The second-order valence-electron chi connectivity index (χ2n) is 5.77. The van der Waals surface area contributed by atoms with Gasteiger partial charge in [0.1, 0.15) is 0 Å². The Morgan fingerprint density at radius 3 is 2.72 bits per heavy atom. The van der Waals surface area contributed by atoms with Gasteiger partial charge in [-0.3, -0.25) is 9.88 Å². The van der Waals surface area contributed by atoms with E-state index in [2.05, 4.69) is 35.9 Å². The number of hydrogen-bond donors (Lipinski definition) is 1. The van der Waals surface area contributed by atoms with E-state index in [1.54, 1.807) is 0 Å². The van der Waals surface area contributed by atoms with Crippen molar-refractivity contribution in [1.82, 2.24) is 9.88 Å². The van der Waals surface area contributed by atoms with E-state index in [1.165, 1.54) is 24.9 Å². The van der Waals surface area contributed by atoms with Gasteiger partial charge in [0, 0.05) is 31.0 Å². The van der Waals surface area contributed by atoms with E-state index < -0.39 is 0 Å². The molecule has 0 bridgehead atoms. The van der Waals surface area contributed by atoms with Crippen LogP contribution in [0.3, 0.4) is 0 Å². The number of rotatable bonds is 3. The van der Waals surface area contributed by atoms with Crippen LogP contribution in [0.4, 0.5) is 0 Å². The largest absolute Gasteiger partial charge is 0.326 e. The molecule has 100 valence electrons. The maximum absolute atomic E-state index is 6.42. The van der Waals surface area contributed by atoms with Crippen LogP contribution >= 0.6 is 0 Å². The van der Waals surface area contributed by atoms with Gasteiger partial charge in [-0.05, 0) is 43.0 Å². The normalized spacial score (nSPS) is 26.2. The van der Waals surface area contributed by atoms with E-state index in [0.29, 0.717) is 12.0 Å². The van der Waals surface area contributed by atoms with Crippen LogP contribution in [0.15, 0.2) is 24.5 Å². The lowest BCUT2D eigenvalue weighted by atomic mass is 9.96. The van der Waals surface area contributed by atoms with Crippen LogP contribution in [0.2, 0.25) is 0 Å². The van der Waals surface area contributed by atoms with Crippen LogP contribution in [0.1, 0.15) is 44.7 Å². The first-order valence-corrected chi connectivity index (χ1v) is 7.08. The van der Waals surface area contributed by atoms with Crippen LogP contribution in [0, 0.1) is 5.92 Å². The minimum atomic E-state index is 0.244. The molecule has 0 aliphatic carbocycles. The van der Waals surface area contributed by atoms with E-state index in [9.17, 15) is 0 Å². The maximum Gasteiger partial charge on any atom is 0.0500 e. The van der Waals surface area contributed by atoms with Crippen LogP contribution in [-0.2, 0) is 0 Å². The average molecular weight is 247 g/mol. The number of pyridine rings is 1. The summed E-state index contributed by atoms with van der Waals surface area (Å²) in [6.07, 6.45) is 7.39. The fourth-order valence-corrected chi connectivity index (χ4v) is 2.96. The first kappa shape index (κ1) is 13.5. The Morgan fingerprint density at radius 1 is 1.33 bits per heavy atom. The van der Waals surface area contributed by atoms with Crippen molar-refractivity contribution in [1.29, 1.82) is 0 Å². The lowest BCUT2D eigenvalue weighted by Crippen LogP contribution is -2.41. The summed E-state index contributed by atoms with van der Waals surface area (Å²) in [4.78, 5) is 6.68. The Balaban J connectivity index is 2.23. The Morgan fingerprint density at radius 2 is 2.06 bits per heavy atom. The molecule has 2 rings (SSSR count). The van der Waals surface area contributed by atoms with Crippen molar-refractivity contribution in [3.05, 3.63) is 30.1 Å². The third-order valence-corrected chi connectivity index (χ3v) is 3.68. The standard InChI is InChI=1S/C15H25N3/c1-12(2)11-18-10-4-3-5-14(16)15(18)13-6-8-17-9-7-13/h6-9,12,14-15H,3-5,10-11,16H2,1-2H3. The predicted octanol–water partition coefficient (Wildman–Crippen LogP) is 2.59. The van der Waals surface area contributed by atoms with Crippen LogP contribution in [0.25, 0.3) is 0 Å². The van der Waals surface area contributed by atoms with E-state index >= 15 is 0 Å².